The zero-order chi connectivity index (χ0) is 15.8. The smallest absolute Gasteiger partial charge is 0.334 e. The zero-order valence-electron chi connectivity index (χ0n) is 13.3. The predicted octanol–water partition coefficient (Wildman–Crippen LogP) is 4.01. The molecule has 3 nitrogen and oxygen atoms in total. The number of ketones is 1. The molecule has 2 rings (SSSR count). The minimum absolute atomic E-state index is 0.131. The zero-order valence-corrected chi connectivity index (χ0v) is 13.3. The molecule has 1 aromatic rings. The highest BCUT2D eigenvalue weighted by molar-refractivity contribution is 6.07. The minimum atomic E-state index is -0.298. The van der Waals surface area contributed by atoms with Crippen molar-refractivity contribution in [2.75, 3.05) is 6.61 Å². The SMILES string of the molecule is CCCCCC1=C(C(=O)OCCc2ccccc2)CCC1=O. The van der Waals surface area contributed by atoms with Crippen LogP contribution in [0, 0.1) is 0 Å². The van der Waals surface area contributed by atoms with E-state index in [1.165, 1.54) is 0 Å². The first kappa shape index (κ1) is 16.5. The van der Waals surface area contributed by atoms with Gasteiger partial charge in [-0.15, -0.1) is 0 Å². The number of rotatable bonds is 8. The maximum absolute atomic E-state index is 12.2. The van der Waals surface area contributed by atoms with Crippen LogP contribution < -0.4 is 0 Å². The molecule has 0 bridgehead atoms. The molecule has 0 N–H and O–H groups in total. The largest absolute Gasteiger partial charge is 0.462 e. The van der Waals surface area contributed by atoms with Gasteiger partial charge in [0.15, 0.2) is 5.78 Å². The number of unbranched alkanes of at least 4 members (excludes halogenated alkanes) is 2. The average molecular weight is 300 g/mol. The fourth-order valence-electron chi connectivity index (χ4n) is 2.77. The summed E-state index contributed by atoms with van der Waals surface area (Å²) in [7, 11) is 0. The molecule has 0 unspecified atom stereocenters. The van der Waals surface area contributed by atoms with E-state index in [0.717, 1.165) is 36.8 Å². The van der Waals surface area contributed by atoms with Crippen LogP contribution in [0.2, 0.25) is 0 Å². The molecular formula is C19H24O3. The molecular weight excluding hydrogens is 276 g/mol. The first-order valence-electron chi connectivity index (χ1n) is 8.18. The number of esters is 1. The number of ether oxygens (including phenoxy) is 1. The Bertz CT molecular complexity index is 543. The molecule has 0 saturated heterocycles. The van der Waals surface area contributed by atoms with Crippen molar-refractivity contribution in [1.82, 2.24) is 0 Å². The van der Waals surface area contributed by atoms with Gasteiger partial charge in [0.2, 0.25) is 0 Å². The highest BCUT2D eigenvalue weighted by atomic mass is 16.5. The molecule has 3 heteroatoms. The number of allylic oxidation sites excluding steroid dienone is 1. The van der Waals surface area contributed by atoms with Gasteiger partial charge in [-0.25, -0.2) is 4.79 Å². The minimum Gasteiger partial charge on any atom is -0.462 e. The van der Waals surface area contributed by atoms with Crippen LogP contribution in [-0.4, -0.2) is 18.4 Å². The van der Waals surface area contributed by atoms with Crippen LogP contribution in [0.15, 0.2) is 41.5 Å². The van der Waals surface area contributed by atoms with E-state index in [0.29, 0.717) is 31.4 Å². The second-order valence-electron chi connectivity index (χ2n) is 5.71. The number of Topliss-reactive ketones (excluding diaryl/α,β-unsaturated/α-hetero) is 1. The van der Waals surface area contributed by atoms with Gasteiger partial charge in [-0.3, -0.25) is 4.79 Å². The van der Waals surface area contributed by atoms with E-state index in [-0.39, 0.29) is 11.8 Å². The molecule has 0 fully saturated rings. The van der Waals surface area contributed by atoms with E-state index in [2.05, 4.69) is 6.92 Å². The summed E-state index contributed by atoms with van der Waals surface area (Å²) in [6, 6.07) is 9.94. The Morgan fingerprint density at radius 3 is 2.59 bits per heavy atom. The molecule has 0 amide bonds. The summed E-state index contributed by atoms with van der Waals surface area (Å²) in [6.07, 6.45) is 5.60. The Morgan fingerprint density at radius 2 is 1.86 bits per heavy atom. The number of benzene rings is 1. The van der Waals surface area contributed by atoms with Crippen molar-refractivity contribution < 1.29 is 14.3 Å². The van der Waals surface area contributed by atoms with Gasteiger partial charge < -0.3 is 4.74 Å². The molecule has 0 heterocycles. The second-order valence-corrected chi connectivity index (χ2v) is 5.71. The van der Waals surface area contributed by atoms with Gasteiger partial charge >= 0.3 is 5.97 Å². The van der Waals surface area contributed by atoms with Crippen LogP contribution in [0.25, 0.3) is 0 Å². The number of carbonyl (C=O) groups is 2. The molecule has 0 spiro atoms. The van der Waals surface area contributed by atoms with Crippen molar-refractivity contribution in [1.29, 1.82) is 0 Å². The van der Waals surface area contributed by atoms with Crippen molar-refractivity contribution in [2.24, 2.45) is 0 Å². The van der Waals surface area contributed by atoms with Gasteiger partial charge in [-0.2, -0.15) is 0 Å². The van der Waals surface area contributed by atoms with Gasteiger partial charge in [0.05, 0.1) is 6.61 Å². The standard InChI is InChI=1S/C19H24O3/c1-2-3-5-10-16-17(11-12-18(16)20)19(21)22-14-13-15-8-6-4-7-9-15/h4,6-9H,2-3,5,10-14H2,1H3. The normalized spacial score (nSPS) is 14.5. The monoisotopic (exact) mass is 300 g/mol. The van der Waals surface area contributed by atoms with Crippen LogP contribution in [0.3, 0.4) is 0 Å². The van der Waals surface area contributed by atoms with Crippen LogP contribution in [-0.2, 0) is 20.7 Å². The Kier molecular flexibility index (Phi) is 6.38. The molecule has 0 aliphatic heterocycles. The van der Waals surface area contributed by atoms with E-state index >= 15 is 0 Å². The maximum atomic E-state index is 12.2. The Balaban J connectivity index is 1.87. The fraction of sp³-hybridized carbons (Fsp3) is 0.474. The first-order chi connectivity index (χ1) is 10.7. The fourth-order valence-corrected chi connectivity index (χ4v) is 2.77. The van der Waals surface area contributed by atoms with Gasteiger partial charge in [0, 0.05) is 24.0 Å². The molecule has 22 heavy (non-hydrogen) atoms. The van der Waals surface area contributed by atoms with Crippen LogP contribution in [0.4, 0.5) is 0 Å². The Morgan fingerprint density at radius 1 is 1.09 bits per heavy atom. The molecule has 1 aliphatic carbocycles. The summed E-state index contributed by atoms with van der Waals surface area (Å²) in [5.74, 6) is -0.167. The molecule has 1 aromatic carbocycles. The Labute approximate surface area is 132 Å². The molecule has 0 atom stereocenters. The molecule has 0 aromatic heterocycles. The lowest BCUT2D eigenvalue weighted by atomic mass is 10.0. The molecule has 0 saturated carbocycles. The van der Waals surface area contributed by atoms with Gasteiger partial charge in [0.1, 0.15) is 0 Å². The number of hydrogen-bond acceptors (Lipinski definition) is 3. The topological polar surface area (TPSA) is 43.4 Å². The molecule has 118 valence electrons. The van der Waals surface area contributed by atoms with E-state index in [1.54, 1.807) is 0 Å². The highest BCUT2D eigenvalue weighted by Crippen LogP contribution is 2.28. The third-order valence-electron chi connectivity index (χ3n) is 4.05. The quantitative estimate of drug-likeness (QED) is 0.538. The third-order valence-corrected chi connectivity index (χ3v) is 4.05. The predicted molar refractivity (Wildman–Crippen MR) is 86.5 cm³/mol. The summed E-state index contributed by atoms with van der Waals surface area (Å²) < 4.78 is 5.37. The van der Waals surface area contributed by atoms with E-state index in [4.69, 9.17) is 4.74 Å². The second kappa shape index (κ2) is 8.52. The van der Waals surface area contributed by atoms with E-state index < -0.39 is 0 Å². The summed E-state index contributed by atoms with van der Waals surface area (Å²) >= 11 is 0. The van der Waals surface area contributed by atoms with E-state index in [1.807, 2.05) is 30.3 Å². The van der Waals surface area contributed by atoms with E-state index in [9.17, 15) is 9.59 Å². The van der Waals surface area contributed by atoms with Crippen molar-refractivity contribution in [3.63, 3.8) is 0 Å². The molecule has 0 radical (unpaired) electrons. The van der Waals surface area contributed by atoms with Crippen molar-refractivity contribution in [3.8, 4) is 0 Å². The summed E-state index contributed by atoms with van der Waals surface area (Å²) in [5.41, 5.74) is 2.49. The van der Waals surface area contributed by atoms with Gasteiger partial charge in [-0.1, -0.05) is 50.1 Å². The van der Waals surface area contributed by atoms with Crippen molar-refractivity contribution in [2.45, 2.75) is 51.9 Å². The third kappa shape index (κ3) is 4.55. The lowest BCUT2D eigenvalue weighted by Crippen LogP contribution is -2.11. The Hall–Kier alpha value is -1.90. The lowest BCUT2D eigenvalue weighted by molar-refractivity contribution is -0.139. The molecule has 1 aliphatic rings. The number of carbonyl (C=O) groups excluding carboxylic acids is 2. The van der Waals surface area contributed by atoms with Crippen molar-refractivity contribution >= 4 is 11.8 Å². The summed E-state index contributed by atoms with van der Waals surface area (Å²) in [5, 5.41) is 0. The lowest BCUT2D eigenvalue weighted by Gasteiger charge is -2.08. The number of hydrogen-bond donors (Lipinski definition) is 0. The highest BCUT2D eigenvalue weighted by Gasteiger charge is 2.27. The summed E-state index contributed by atoms with van der Waals surface area (Å²) in [4.78, 5) is 24.1. The van der Waals surface area contributed by atoms with Gasteiger partial charge in [-0.05, 0) is 24.8 Å². The first-order valence-corrected chi connectivity index (χ1v) is 8.18. The van der Waals surface area contributed by atoms with Crippen LogP contribution in [0.5, 0.6) is 0 Å². The maximum Gasteiger partial charge on any atom is 0.334 e. The van der Waals surface area contributed by atoms with Gasteiger partial charge in [0.25, 0.3) is 0 Å². The van der Waals surface area contributed by atoms with Crippen molar-refractivity contribution in [3.05, 3.63) is 47.0 Å². The average Bonchev–Trinajstić information content (AvgIpc) is 2.90. The van der Waals surface area contributed by atoms with Crippen LogP contribution >= 0.6 is 0 Å². The summed E-state index contributed by atoms with van der Waals surface area (Å²) in [6.45, 7) is 2.49. The van der Waals surface area contributed by atoms with Crippen LogP contribution in [0.1, 0.15) is 51.0 Å².